The molecule has 0 aromatic carbocycles. The average Bonchev–Trinajstić information content (AvgIpc) is 2.62. The molecule has 3 N–H and O–H groups in total. The lowest BCUT2D eigenvalue weighted by Crippen LogP contribution is -2.51. The number of rotatable bonds is 4. The van der Waals surface area contributed by atoms with E-state index in [9.17, 15) is 0 Å². The molecular formula is C10H20N2. The van der Waals surface area contributed by atoms with Gasteiger partial charge in [-0.1, -0.05) is 6.42 Å². The summed E-state index contributed by atoms with van der Waals surface area (Å²) in [4.78, 5) is 0. The van der Waals surface area contributed by atoms with E-state index in [0.717, 1.165) is 18.5 Å². The average molecular weight is 168 g/mol. The predicted molar refractivity (Wildman–Crippen MR) is 51.0 cm³/mol. The van der Waals surface area contributed by atoms with Gasteiger partial charge in [0.05, 0.1) is 0 Å². The zero-order valence-corrected chi connectivity index (χ0v) is 7.97. The van der Waals surface area contributed by atoms with Gasteiger partial charge in [0.15, 0.2) is 0 Å². The molecule has 0 radical (unpaired) electrons. The van der Waals surface area contributed by atoms with Gasteiger partial charge < -0.3 is 11.1 Å². The Balaban J connectivity index is 1.69. The Kier molecular flexibility index (Phi) is 2.13. The van der Waals surface area contributed by atoms with Crippen molar-refractivity contribution in [3.63, 3.8) is 0 Å². The summed E-state index contributed by atoms with van der Waals surface area (Å²) in [7, 11) is 0. The van der Waals surface area contributed by atoms with Crippen molar-refractivity contribution in [1.29, 1.82) is 0 Å². The van der Waals surface area contributed by atoms with Crippen LogP contribution in [0.3, 0.4) is 0 Å². The lowest BCUT2D eigenvalue weighted by Gasteiger charge is -2.32. The van der Waals surface area contributed by atoms with Crippen LogP contribution in [-0.2, 0) is 0 Å². The maximum atomic E-state index is 6.19. The summed E-state index contributed by atoms with van der Waals surface area (Å²) in [5, 5.41) is 3.56. The summed E-state index contributed by atoms with van der Waals surface area (Å²) < 4.78 is 0. The predicted octanol–water partition coefficient (Wildman–Crippen LogP) is 1.26. The maximum Gasteiger partial charge on any atom is 0.0280 e. The van der Waals surface area contributed by atoms with E-state index >= 15 is 0 Å². The Labute approximate surface area is 74.9 Å². The van der Waals surface area contributed by atoms with Crippen molar-refractivity contribution in [2.75, 3.05) is 6.54 Å². The van der Waals surface area contributed by atoms with Crippen LogP contribution in [0.5, 0.6) is 0 Å². The molecule has 70 valence electrons. The second-order valence-corrected chi connectivity index (χ2v) is 4.79. The Hall–Kier alpha value is -0.0800. The quantitative estimate of drug-likeness (QED) is 0.663. The first kappa shape index (κ1) is 8.52. The molecule has 2 rings (SSSR count). The normalized spacial score (nSPS) is 29.5. The van der Waals surface area contributed by atoms with Crippen LogP contribution in [0.4, 0.5) is 0 Å². The summed E-state index contributed by atoms with van der Waals surface area (Å²) in [5.41, 5.74) is 6.25. The zero-order valence-electron chi connectivity index (χ0n) is 7.97. The molecule has 12 heavy (non-hydrogen) atoms. The second-order valence-electron chi connectivity index (χ2n) is 4.79. The standard InChI is InChI=1S/C10H20N2/c1-10(11,8-5-6-8)7-12-9-3-2-4-9/h8-9,12H,2-7,11H2,1H3. The third kappa shape index (κ3) is 1.80. The van der Waals surface area contributed by atoms with Crippen molar-refractivity contribution in [2.24, 2.45) is 11.7 Å². The van der Waals surface area contributed by atoms with Crippen LogP contribution in [0.15, 0.2) is 0 Å². The van der Waals surface area contributed by atoms with Crippen molar-refractivity contribution in [3.05, 3.63) is 0 Å². The first-order valence-electron chi connectivity index (χ1n) is 5.21. The molecule has 2 heteroatoms. The number of hydrogen-bond donors (Lipinski definition) is 2. The largest absolute Gasteiger partial charge is 0.324 e. The van der Waals surface area contributed by atoms with Gasteiger partial charge in [-0.15, -0.1) is 0 Å². The molecule has 1 atom stereocenters. The van der Waals surface area contributed by atoms with E-state index in [1.807, 2.05) is 0 Å². The van der Waals surface area contributed by atoms with Gasteiger partial charge in [-0.05, 0) is 38.5 Å². The molecule has 2 aliphatic carbocycles. The molecule has 0 amide bonds. The highest BCUT2D eigenvalue weighted by molar-refractivity contribution is 4.97. The molecule has 2 saturated carbocycles. The van der Waals surface area contributed by atoms with Gasteiger partial charge in [-0.25, -0.2) is 0 Å². The van der Waals surface area contributed by atoms with Crippen molar-refractivity contribution in [2.45, 2.75) is 50.6 Å². The van der Waals surface area contributed by atoms with Crippen molar-refractivity contribution in [3.8, 4) is 0 Å². The van der Waals surface area contributed by atoms with E-state index < -0.39 is 0 Å². The van der Waals surface area contributed by atoms with Gasteiger partial charge in [0.1, 0.15) is 0 Å². The van der Waals surface area contributed by atoms with E-state index in [2.05, 4.69) is 12.2 Å². The van der Waals surface area contributed by atoms with Crippen LogP contribution in [0, 0.1) is 5.92 Å². The van der Waals surface area contributed by atoms with E-state index in [-0.39, 0.29) is 5.54 Å². The zero-order chi connectivity index (χ0) is 8.60. The molecule has 0 bridgehead atoms. The Morgan fingerprint density at radius 2 is 2.00 bits per heavy atom. The summed E-state index contributed by atoms with van der Waals surface area (Å²) in [6.45, 7) is 3.21. The van der Waals surface area contributed by atoms with Gasteiger partial charge in [0.25, 0.3) is 0 Å². The minimum Gasteiger partial charge on any atom is -0.324 e. The SMILES string of the molecule is CC(N)(CNC1CCC1)C1CC1. The molecule has 1 unspecified atom stereocenters. The van der Waals surface area contributed by atoms with Crippen LogP contribution >= 0.6 is 0 Å². The molecule has 2 aliphatic rings. The van der Waals surface area contributed by atoms with E-state index in [1.54, 1.807) is 0 Å². The number of hydrogen-bond acceptors (Lipinski definition) is 2. The molecular weight excluding hydrogens is 148 g/mol. The van der Waals surface area contributed by atoms with Crippen LogP contribution in [-0.4, -0.2) is 18.1 Å². The molecule has 0 aliphatic heterocycles. The van der Waals surface area contributed by atoms with E-state index in [4.69, 9.17) is 5.73 Å². The van der Waals surface area contributed by atoms with E-state index in [1.165, 1.54) is 32.1 Å². The van der Waals surface area contributed by atoms with Crippen LogP contribution in [0.2, 0.25) is 0 Å². The minimum absolute atomic E-state index is 0.0651. The van der Waals surface area contributed by atoms with Crippen LogP contribution in [0.1, 0.15) is 39.0 Å². The third-order valence-electron chi connectivity index (χ3n) is 3.39. The first-order valence-corrected chi connectivity index (χ1v) is 5.21. The molecule has 0 aromatic rings. The Bertz CT molecular complexity index is 157. The molecule has 0 saturated heterocycles. The van der Waals surface area contributed by atoms with Crippen molar-refractivity contribution < 1.29 is 0 Å². The van der Waals surface area contributed by atoms with Crippen molar-refractivity contribution >= 4 is 0 Å². The summed E-state index contributed by atoms with van der Waals surface area (Å²) >= 11 is 0. The summed E-state index contributed by atoms with van der Waals surface area (Å²) in [5.74, 6) is 0.796. The van der Waals surface area contributed by atoms with Crippen LogP contribution < -0.4 is 11.1 Å². The van der Waals surface area contributed by atoms with Crippen LogP contribution in [0.25, 0.3) is 0 Å². The molecule has 0 spiro atoms. The highest BCUT2D eigenvalue weighted by atomic mass is 15.0. The Morgan fingerprint density at radius 3 is 2.42 bits per heavy atom. The highest BCUT2D eigenvalue weighted by Crippen LogP contribution is 2.37. The monoisotopic (exact) mass is 168 g/mol. The lowest BCUT2D eigenvalue weighted by atomic mass is 9.91. The highest BCUT2D eigenvalue weighted by Gasteiger charge is 2.38. The summed E-state index contributed by atoms with van der Waals surface area (Å²) in [6.07, 6.45) is 6.82. The second kappa shape index (κ2) is 3.00. The number of nitrogens with one attached hydrogen (secondary N) is 1. The smallest absolute Gasteiger partial charge is 0.0280 e. The lowest BCUT2D eigenvalue weighted by molar-refractivity contribution is 0.289. The van der Waals surface area contributed by atoms with Gasteiger partial charge in [0.2, 0.25) is 0 Å². The molecule has 0 heterocycles. The maximum absolute atomic E-state index is 6.19. The fraction of sp³-hybridized carbons (Fsp3) is 1.00. The van der Waals surface area contributed by atoms with Gasteiger partial charge in [-0.2, -0.15) is 0 Å². The molecule has 2 nitrogen and oxygen atoms in total. The molecule has 2 fully saturated rings. The van der Waals surface area contributed by atoms with Gasteiger partial charge >= 0.3 is 0 Å². The first-order chi connectivity index (χ1) is 5.68. The fourth-order valence-corrected chi connectivity index (χ4v) is 1.86. The fourth-order valence-electron chi connectivity index (χ4n) is 1.86. The third-order valence-corrected chi connectivity index (χ3v) is 3.39. The molecule has 0 aromatic heterocycles. The Morgan fingerprint density at radius 1 is 1.33 bits per heavy atom. The van der Waals surface area contributed by atoms with E-state index in [0.29, 0.717) is 0 Å². The topological polar surface area (TPSA) is 38.0 Å². The van der Waals surface area contributed by atoms with Gasteiger partial charge in [0, 0.05) is 18.1 Å². The summed E-state index contributed by atoms with van der Waals surface area (Å²) in [6, 6.07) is 0.784. The van der Waals surface area contributed by atoms with Gasteiger partial charge in [-0.3, -0.25) is 0 Å². The minimum atomic E-state index is 0.0651. The number of nitrogens with two attached hydrogens (primary N) is 1. The van der Waals surface area contributed by atoms with Crippen molar-refractivity contribution in [1.82, 2.24) is 5.32 Å².